The summed E-state index contributed by atoms with van der Waals surface area (Å²) in [5, 5.41) is 3.91. The Morgan fingerprint density at radius 1 is 1.00 bits per heavy atom. The molecule has 2 atom stereocenters. The van der Waals surface area contributed by atoms with Crippen LogP contribution in [0.15, 0.2) is 60.9 Å². The maximum Gasteiger partial charge on any atom is 0.138 e. The lowest BCUT2D eigenvalue weighted by Gasteiger charge is -2.43. The molecule has 2 unspecified atom stereocenters. The first-order chi connectivity index (χ1) is 16.0. The van der Waals surface area contributed by atoms with Crippen molar-refractivity contribution in [3.63, 3.8) is 0 Å². The van der Waals surface area contributed by atoms with Gasteiger partial charge in [0.25, 0.3) is 0 Å². The van der Waals surface area contributed by atoms with E-state index in [0.29, 0.717) is 18.9 Å². The molecule has 1 aromatic heterocycles. The summed E-state index contributed by atoms with van der Waals surface area (Å²) in [6, 6.07) is 18.5. The number of piperazine rings is 1. The Kier molecular flexibility index (Phi) is 5.98. The third-order valence-electron chi connectivity index (χ3n) is 6.49. The minimum Gasteiger partial charge on any atom is -0.383 e. The molecule has 2 heterocycles. The molecule has 0 radical (unpaired) electrons. The van der Waals surface area contributed by atoms with Gasteiger partial charge in [-0.2, -0.15) is 0 Å². The molecule has 168 valence electrons. The minimum absolute atomic E-state index is 0.167. The highest BCUT2D eigenvalue weighted by atomic mass is 35.5. The molecular formula is C26H26ClN5O. The van der Waals surface area contributed by atoms with E-state index in [2.05, 4.69) is 51.0 Å². The molecule has 0 bridgehead atoms. The van der Waals surface area contributed by atoms with Gasteiger partial charge >= 0.3 is 0 Å². The first-order valence-corrected chi connectivity index (χ1v) is 11.5. The highest BCUT2D eigenvalue weighted by Gasteiger charge is 2.32. The normalized spacial score (nSPS) is 19.8. The van der Waals surface area contributed by atoms with Crippen LogP contribution < -0.4 is 5.73 Å². The van der Waals surface area contributed by atoms with Crippen molar-refractivity contribution in [3.05, 3.63) is 77.1 Å². The Morgan fingerprint density at radius 3 is 2.61 bits per heavy atom. The van der Waals surface area contributed by atoms with Gasteiger partial charge in [-0.15, -0.1) is 0 Å². The molecule has 4 aromatic rings. The predicted octanol–water partition coefficient (Wildman–Crippen LogP) is 4.29. The van der Waals surface area contributed by atoms with Gasteiger partial charge in [0.2, 0.25) is 0 Å². The number of carbonyl (C=O) groups excluding carboxylic acids is 1. The summed E-state index contributed by atoms with van der Waals surface area (Å²) >= 11 is 6.11. The molecule has 5 rings (SSSR count). The van der Waals surface area contributed by atoms with Gasteiger partial charge in [0.1, 0.15) is 18.4 Å². The number of hydrogen-bond donors (Lipinski definition) is 1. The summed E-state index contributed by atoms with van der Waals surface area (Å²) in [5.74, 6) is 0.482. The Morgan fingerprint density at radius 2 is 1.76 bits per heavy atom. The molecule has 7 heteroatoms. The fourth-order valence-corrected chi connectivity index (χ4v) is 5.01. The van der Waals surface area contributed by atoms with Crippen molar-refractivity contribution >= 4 is 45.4 Å². The largest absolute Gasteiger partial charge is 0.383 e. The zero-order chi connectivity index (χ0) is 22.9. The van der Waals surface area contributed by atoms with E-state index in [1.807, 2.05) is 30.3 Å². The van der Waals surface area contributed by atoms with Crippen molar-refractivity contribution in [2.45, 2.75) is 32.1 Å². The first kappa shape index (κ1) is 21.8. The van der Waals surface area contributed by atoms with E-state index in [-0.39, 0.29) is 12.1 Å². The molecule has 33 heavy (non-hydrogen) atoms. The van der Waals surface area contributed by atoms with Crippen LogP contribution in [0, 0.1) is 0 Å². The topological polar surface area (TPSA) is 75.4 Å². The maximum absolute atomic E-state index is 12.0. The number of hydrogen-bond acceptors (Lipinski definition) is 6. The van der Waals surface area contributed by atoms with Crippen LogP contribution in [0.1, 0.15) is 18.1 Å². The molecule has 1 fully saturated rings. The molecule has 0 amide bonds. The van der Waals surface area contributed by atoms with E-state index >= 15 is 0 Å². The lowest BCUT2D eigenvalue weighted by Crippen LogP contribution is -2.57. The number of benzene rings is 3. The summed E-state index contributed by atoms with van der Waals surface area (Å²) in [5.41, 5.74) is 9.13. The van der Waals surface area contributed by atoms with Crippen LogP contribution >= 0.6 is 11.6 Å². The van der Waals surface area contributed by atoms with Crippen molar-refractivity contribution in [1.29, 1.82) is 0 Å². The molecule has 1 aliphatic rings. The molecule has 2 N–H and O–H groups in total. The highest BCUT2D eigenvalue weighted by Crippen LogP contribution is 2.25. The second-order valence-electron chi connectivity index (χ2n) is 8.86. The van der Waals surface area contributed by atoms with E-state index in [9.17, 15) is 4.79 Å². The van der Waals surface area contributed by atoms with Gasteiger partial charge in [0.05, 0.1) is 11.6 Å². The standard InChI is InChI=1S/C26H26ClN5O/c1-17-11-31(12-18-2-4-21-10-22(27)6-5-20(21)8-18)14-23(15-33)32(17)13-19-3-7-24-25(9-19)29-16-30-26(24)28/h2-10,15-17,23H,11-14H2,1H3,(H2,28,29,30). The average Bonchev–Trinajstić information content (AvgIpc) is 2.81. The molecule has 0 saturated carbocycles. The Balaban J connectivity index is 1.31. The molecule has 6 nitrogen and oxygen atoms in total. The zero-order valence-corrected chi connectivity index (χ0v) is 19.2. The number of aromatic nitrogens is 2. The SMILES string of the molecule is CC1CN(Cc2ccc3cc(Cl)ccc3c2)CC(C=O)N1Cc1ccc2c(N)ncnc2c1. The maximum atomic E-state index is 12.0. The summed E-state index contributed by atoms with van der Waals surface area (Å²) in [6.07, 6.45) is 2.56. The fourth-order valence-electron chi connectivity index (χ4n) is 4.83. The lowest BCUT2D eigenvalue weighted by molar-refractivity contribution is -0.116. The molecule has 1 aliphatic heterocycles. The van der Waals surface area contributed by atoms with Crippen molar-refractivity contribution in [2.75, 3.05) is 18.8 Å². The van der Waals surface area contributed by atoms with E-state index in [1.165, 1.54) is 17.3 Å². The predicted molar refractivity (Wildman–Crippen MR) is 133 cm³/mol. The van der Waals surface area contributed by atoms with Crippen LogP contribution in [0.25, 0.3) is 21.7 Å². The van der Waals surface area contributed by atoms with Gasteiger partial charge in [0, 0.05) is 42.6 Å². The van der Waals surface area contributed by atoms with Gasteiger partial charge in [-0.25, -0.2) is 9.97 Å². The van der Waals surface area contributed by atoms with E-state index in [4.69, 9.17) is 17.3 Å². The van der Waals surface area contributed by atoms with Gasteiger partial charge in [-0.3, -0.25) is 9.80 Å². The number of nitrogens with zero attached hydrogens (tertiary/aromatic N) is 4. The minimum atomic E-state index is -0.167. The fraction of sp³-hybridized carbons (Fsp3) is 0.269. The summed E-state index contributed by atoms with van der Waals surface area (Å²) in [4.78, 5) is 25.1. The van der Waals surface area contributed by atoms with Crippen LogP contribution in [0.5, 0.6) is 0 Å². The monoisotopic (exact) mass is 459 g/mol. The highest BCUT2D eigenvalue weighted by molar-refractivity contribution is 6.31. The van der Waals surface area contributed by atoms with Gasteiger partial charge < -0.3 is 10.5 Å². The van der Waals surface area contributed by atoms with Crippen molar-refractivity contribution < 1.29 is 4.79 Å². The molecule has 1 saturated heterocycles. The number of halogens is 1. The molecule has 0 spiro atoms. The first-order valence-electron chi connectivity index (χ1n) is 11.1. The Bertz CT molecular complexity index is 1330. The van der Waals surface area contributed by atoms with Crippen LogP contribution in [0.3, 0.4) is 0 Å². The third-order valence-corrected chi connectivity index (χ3v) is 6.72. The van der Waals surface area contributed by atoms with E-state index < -0.39 is 0 Å². The van der Waals surface area contributed by atoms with Gasteiger partial charge in [0.15, 0.2) is 0 Å². The summed E-state index contributed by atoms with van der Waals surface area (Å²) in [6.45, 7) is 5.29. The number of rotatable bonds is 5. The average molecular weight is 460 g/mol. The molecule has 0 aliphatic carbocycles. The number of aldehydes is 1. The van der Waals surface area contributed by atoms with Gasteiger partial charge in [-0.1, -0.05) is 35.9 Å². The third kappa shape index (κ3) is 4.55. The van der Waals surface area contributed by atoms with Crippen LogP contribution in [-0.4, -0.2) is 51.2 Å². The lowest BCUT2D eigenvalue weighted by atomic mass is 10.0. The van der Waals surface area contributed by atoms with Crippen molar-refractivity contribution in [2.24, 2.45) is 0 Å². The Hall–Kier alpha value is -3.06. The second-order valence-corrected chi connectivity index (χ2v) is 9.29. The second kappa shape index (κ2) is 9.06. The zero-order valence-electron chi connectivity index (χ0n) is 18.5. The number of nitrogens with two attached hydrogens (primary N) is 1. The van der Waals surface area contributed by atoms with Crippen molar-refractivity contribution in [1.82, 2.24) is 19.8 Å². The van der Waals surface area contributed by atoms with Crippen LogP contribution in [0.4, 0.5) is 5.82 Å². The van der Waals surface area contributed by atoms with Gasteiger partial charge in [-0.05, 0) is 59.2 Å². The van der Waals surface area contributed by atoms with Crippen molar-refractivity contribution in [3.8, 4) is 0 Å². The number of anilines is 1. The van der Waals surface area contributed by atoms with E-state index in [0.717, 1.165) is 46.3 Å². The summed E-state index contributed by atoms with van der Waals surface area (Å²) in [7, 11) is 0. The molecular weight excluding hydrogens is 434 g/mol. The van der Waals surface area contributed by atoms with Crippen LogP contribution in [-0.2, 0) is 17.9 Å². The smallest absolute Gasteiger partial charge is 0.138 e. The van der Waals surface area contributed by atoms with E-state index in [1.54, 1.807) is 0 Å². The van der Waals surface area contributed by atoms with Crippen LogP contribution in [0.2, 0.25) is 5.02 Å². The molecule has 3 aromatic carbocycles. The quantitative estimate of drug-likeness (QED) is 0.449. The number of carbonyl (C=O) groups is 1. The number of fused-ring (bicyclic) bond motifs is 2. The summed E-state index contributed by atoms with van der Waals surface area (Å²) < 4.78 is 0. The Labute approximate surface area is 198 Å². The number of nitrogen functional groups attached to an aromatic ring is 1.